The predicted octanol–water partition coefficient (Wildman–Crippen LogP) is 3.14. The maximum Gasteiger partial charge on any atom is 0.0928 e. The van der Waals surface area contributed by atoms with Crippen LogP contribution < -0.4 is 4.90 Å². The quantitative estimate of drug-likeness (QED) is 0.835. The van der Waals surface area contributed by atoms with Crippen LogP contribution in [0.1, 0.15) is 45.7 Å². The van der Waals surface area contributed by atoms with Crippen molar-refractivity contribution in [1.82, 2.24) is 9.88 Å². The standard InChI is InChI=1S/C18H31N3O/c1-7-14(2)16-9-8-15(12-19-16)21-10-11-22-17(13-21)18(3,4)20(5)6/h8-9,12,14,17H,7,10-11,13H2,1-6H3. The molecule has 1 aliphatic rings. The van der Waals surface area contributed by atoms with E-state index < -0.39 is 0 Å². The number of hydrogen-bond acceptors (Lipinski definition) is 4. The van der Waals surface area contributed by atoms with Crippen molar-refractivity contribution < 1.29 is 4.74 Å². The van der Waals surface area contributed by atoms with Gasteiger partial charge in [-0.15, -0.1) is 0 Å². The summed E-state index contributed by atoms with van der Waals surface area (Å²) >= 11 is 0. The van der Waals surface area contributed by atoms with Gasteiger partial charge in [0.2, 0.25) is 0 Å². The Bertz CT molecular complexity index is 470. The monoisotopic (exact) mass is 305 g/mol. The van der Waals surface area contributed by atoms with Gasteiger partial charge in [0.1, 0.15) is 0 Å². The average molecular weight is 305 g/mol. The van der Waals surface area contributed by atoms with Crippen LogP contribution in [0, 0.1) is 0 Å². The largest absolute Gasteiger partial charge is 0.373 e. The van der Waals surface area contributed by atoms with E-state index in [9.17, 15) is 0 Å². The van der Waals surface area contributed by atoms with Crippen molar-refractivity contribution in [2.24, 2.45) is 0 Å². The van der Waals surface area contributed by atoms with E-state index in [1.807, 2.05) is 6.20 Å². The van der Waals surface area contributed by atoms with Gasteiger partial charge in [0.15, 0.2) is 0 Å². The Labute approximate surface area is 135 Å². The summed E-state index contributed by atoms with van der Waals surface area (Å²) in [6, 6.07) is 4.38. The Morgan fingerprint density at radius 1 is 1.41 bits per heavy atom. The molecule has 1 fully saturated rings. The molecule has 1 aromatic rings. The van der Waals surface area contributed by atoms with Crippen molar-refractivity contribution >= 4 is 5.69 Å². The third-order valence-electron chi connectivity index (χ3n) is 5.26. The van der Waals surface area contributed by atoms with Crippen LogP contribution in [0.4, 0.5) is 5.69 Å². The predicted molar refractivity (Wildman–Crippen MR) is 92.7 cm³/mol. The summed E-state index contributed by atoms with van der Waals surface area (Å²) in [5.74, 6) is 0.527. The molecular weight excluding hydrogens is 274 g/mol. The molecule has 2 heterocycles. The minimum atomic E-state index is 0.0166. The first-order valence-electron chi connectivity index (χ1n) is 8.36. The highest BCUT2D eigenvalue weighted by molar-refractivity contribution is 5.45. The number of rotatable bonds is 5. The summed E-state index contributed by atoms with van der Waals surface area (Å²) in [5, 5.41) is 0. The SMILES string of the molecule is CCC(C)c1ccc(N2CCOC(C(C)(C)N(C)C)C2)cn1. The lowest BCUT2D eigenvalue weighted by molar-refractivity contribution is -0.0484. The molecule has 2 unspecified atom stereocenters. The summed E-state index contributed by atoms with van der Waals surface area (Å²) in [6.07, 6.45) is 3.35. The van der Waals surface area contributed by atoms with Crippen LogP contribution in [0.25, 0.3) is 0 Å². The molecule has 0 aliphatic carbocycles. The van der Waals surface area contributed by atoms with Crippen LogP contribution >= 0.6 is 0 Å². The lowest BCUT2D eigenvalue weighted by Gasteiger charge is -2.45. The molecule has 1 aromatic heterocycles. The van der Waals surface area contributed by atoms with E-state index >= 15 is 0 Å². The Kier molecular flexibility index (Phi) is 5.45. The van der Waals surface area contributed by atoms with Crippen LogP contribution in [0.15, 0.2) is 18.3 Å². The molecule has 124 valence electrons. The minimum Gasteiger partial charge on any atom is -0.373 e. The normalized spacial score (nSPS) is 21.2. The Hall–Kier alpha value is -1.13. The highest BCUT2D eigenvalue weighted by Crippen LogP contribution is 2.26. The zero-order valence-corrected chi connectivity index (χ0v) is 15.0. The van der Waals surface area contributed by atoms with E-state index in [2.05, 4.69) is 68.7 Å². The second-order valence-corrected chi connectivity index (χ2v) is 7.10. The molecule has 0 radical (unpaired) electrons. The van der Waals surface area contributed by atoms with Gasteiger partial charge in [-0.25, -0.2) is 0 Å². The zero-order valence-electron chi connectivity index (χ0n) is 15.0. The molecule has 1 aliphatic heterocycles. The molecule has 2 rings (SSSR count). The van der Waals surface area contributed by atoms with E-state index in [0.717, 1.165) is 26.1 Å². The molecule has 0 bridgehead atoms. The van der Waals surface area contributed by atoms with Gasteiger partial charge < -0.3 is 14.5 Å². The number of nitrogens with zero attached hydrogens (tertiary/aromatic N) is 3. The van der Waals surface area contributed by atoms with Crippen LogP contribution in [-0.2, 0) is 4.74 Å². The fraction of sp³-hybridized carbons (Fsp3) is 0.722. The van der Waals surface area contributed by atoms with E-state index in [4.69, 9.17) is 4.74 Å². The van der Waals surface area contributed by atoms with E-state index in [1.54, 1.807) is 0 Å². The zero-order chi connectivity index (χ0) is 16.3. The molecule has 0 spiro atoms. The smallest absolute Gasteiger partial charge is 0.0928 e. The summed E-state index contributed by atoms with van der Waals surface area (Å²) in [6.45, 7) is 11.5. The summed E-state index contributed by atoms with van der Waals surface area (Å²) in [4.78, 5) is 9.29. The number of aromatic nitrogens is 1. The first-order valence-corrected chi connectivity index (χ1v) is 8.36. The first kappa shape index (κ1) is 17.2. The molecule has 0 saturated carbocycles. The second kappa shape index (κ2) is 6.97. The number of anilines is 1. The minimum absolute atomic E-state index is 0.0166. The van der Waals surface area contributed by atoms with Gasteiger partial charge in [-0.05, 0) is 52.4 Å². The Morgan fingerprint density at radius 3 is 2.68 bits per heavy atom. The number of likely N-dealkylation sites (N-methyl/N-ethyl adjacent to an activating group) is 1. The van der Waals surface area contributed by atoms with Crippen LogP contribution in [0.5, 0.6) is 0 Å². The second-order valence-electron chi connectivity index (χ2n) is 7.10. The molecule has 0 amide bonds. The number of ether oxygens (including phenoxy) is 1. The van der Waals surface area contributed by atoms with Gasteiger partial charge in [0.05, 0.1) is 24.6 Å². The van der Waals surface area contributed by atoms with E-state index in [1.165, 1.54) is 11.4 Å². The third kappa shape index (κ3) is 3.61. The molecule has 2 atom stereocenters. The first-order chi connectivity index (χ1) is 10.4. The molecular formula is C18H31N3O. The van der Waals surface area contributed by atoms with Crippen molar-refractivity contribution in [3.63, 3.8) is 0 Å². The fourth-order valence-corrected chi connectivity index (χ4v) is 2.68. The third-order valence-corrected chi connectivity index (χ3v) is 5.26. The van der Waals surface area contributed by atoms with Crippen molar-refractivity contribution in [2.45, 2.75) is 51.7 Å². The number of pyridine rings is 1. The van der Waals surface area contributed by atoms with Gasteiger partial charge in [-0.2, -0.15) is 0 Å². The summed E-state index contributed by atoms with van der Waals surface area (Å²) in [7, 11) is 4.23. The van der Waals surface area contributed by atoms with Crippen LogP contribution in [0.2, 0.25) is 0 Å². The van der Waals surface area contributed by atoms with Gasteiger partial charge in [0.25, 0.3) is 0 Å². The maximum absolute atomic E-state index is 6.03. The lowest BCUT2D eigenvalue weighted by atomic mass is 9.94. The van der Waals surface area contributed by atoms with Crippen molar-refractivity contribution in [1.29, 1.82) is 0 Å². The molecule has 0 N–H and O–H groups in total. The van der Waals surface area contributed by atoms with Gasteiger partial charge >= 0.3 is 0 Å². The number of morpholine rings is 1. The van der Waals surface area contributed by atoms with Crippen molar-refractivity contribution in [3.8, 4) is 0 Å². The van der Waals surface area contributed by atoms with E-state index in [-0.39, 0.29) is 11.6 Å². The molecule has 0 aromatic carbocycles. The Morgan fingerprint density at radius 2 is 2.14 bits per heavy atom. The lowest BCUT2D eigenvalue weighted by Crippen LogP contribution is -2.57. The number of hydrogen-bond donors (Lipinski definition) is 0. The Balaban J connectivity index is 2.09. The van der Waals surface area contributed by atoms with Gasteiger partial charge in [-0.3, -0.25) is 4.98 Å². The molecule has 22 heavy (non-hydrogen) atoms. The molecule has 4 heteroatoms. The fourth-order valence-electron chi connectivity index (χ4n) is 2.68. The van der Waals surface area contributed by atoms with Gasteiger partial charge in [-0.1, -0.05) is 13.8 Å². The molecule has 4 nitrogen and oxygen atoms in total. The highest BCUT2D eigenvalue weighted by Gasteiger charge is 2.36. The van der Waals surface area contributed by atoms with Crippen LogP contribution in [-0.4, -0.2) is 55.3 Å². The highest BCUT2D eigenvalue weighted by atomic mass is 16.5. The summed E-state index contributed by atoms with van der Waals surface area (Å²) < 4.78 is 6.03. The van der Waals surface area contributed by atoms with E-state index in [0.29, 0.717) is 5.92 Å². The molecule has 1 saturated heterocycles. The van der Waals surface area contributed by atoms with Crippen molar-refractivity contribution in [2.75, 3.05) is 38.7 Å². The summed E-state index contributed by atoms with van der Waals surface area (Å²) in [5.41, 5.74) is 2.41. The average Bonchev–Trinajstić information content (AvgIpc) is 2.54. The maximum atomic E-state index is 6.03. The topological polar surface area (TPSA) is 28.6 Å². The van der Waals surface area contributed by atoms with Gasteiger partial charge in [0, 0.05) is 24.3 Å². The van der Waals surface area contributed by atoms with Crippen molar-refractivity contribution in [3.05, 3.63) is 24.0 Å². The van der Waals surface area contributed by atoms with Crippen LogP contribution in [0.3, 0.4) is 0 Å².